The summed E-state index contributed by atoms with van der Waals surface area (Å²) >= 11 is 0. The van der Waals surface area contributed by atoms with Crippen LogP contribution in [0.3, 0.4) is 0 Å². The van der Waals surface area contributed by atoms with Gasteiger partial charge in [-0.2, -0.15) is 0 Å². The molecule has 3 amide bonds. The third kappa shape index (κ3) is 7.71. The molecule has 0 spiro atoms. The van der Waals surface area contributed by atoms with Crippen LogP contribution < -0.4 is 29.7 Å². The van der Waals surface area contributed by atoms with Crippen LogP contribution in [-0.4, -0.2) is 61.8 Å². The van der Waals surface area contributed by atoms with Gasteiger partial charge >= 0.3 is 6.03 Å². The van der Waals surface area contributed by atoms with E-state index >= 15 is 0 Å². The molecule has 45 heavy (non-hydrogen) atoms. The summed E-state index contributed by atoms with van der Waals surface area (Å²) in [6, 6.07) is 21.3. The van der Waals surface area contributed by atoms with Crippen molar-refractivity contribution in [2.24, 2.45) is 0 Å². The quantitative estimate of drug-likeness (QED) is 0.220. The van der Waals surface area contributed by atoms with E-state index in [9.17, 15) is 9.59 Å². The van der Waals surface area contributed by atoms with Crippen LogP contribution in [0.1, 0.15) is 69.7 Å². The number of nitrogens with one attached hydrogen (secondary N) is 2. The molecule has 3 aromatic rings. The smallest absolute Gasteiger partial charge is 0.319 e. The molecule has 0 aromatic heterocycles. The molecule has 2 bridgehead atoms. The van der Waals surface area contributed by atoms with Crippen molar-refractivity contribution < 1.29 is 23.8 Å². The van der Waals surface area contributed by atoms with E-state index in [-0.39, 0.29) is 24.1 Å². The molecule has 2 saturated heterocycles. The van der Waals surface area contributed by atoms with Crippen molar-refractivity contribution >= 4 is 23.3 Å². The van der Waals surface area contributed by atoms with Crippen LogP contribution in [-0.2, 0) is 0 Å². The lowest BCUT2D eigenvalue weighted by molar-refractivity contribution is 0.0661. The average Bonchev–Trinajstić information content (AvgIpc) is 3.25. The average molecular weight is 615 g/mol. The molecule has 2 fully saturated rings. The molecule has 5 rings (SSSR count). The van der Waals surface area contributed by atoms with Crippen molar-refractivity contribution in [1.29, 1.82) is 0 Å². The molecule has 3 aromatic carbocycles. The van der Waals surface area contributed by atoms with Crippen LogP contribution in [0.15, 0.2) is 66.7 Å². The van der Waals surface area contributed by atoms with Gasteiger partial charge in [-0.05, 0) is 113 Å². The van der Waals surface area contributed by atoms with Crippen LogP contribution in [0.25, 0.3) is 0 Å². The lowest BCUT2D eigenvalue weighted by Gasteiger charge is -2.36. The van der Waals surface area contributed by atoms with Gasteiger partial charge in [0, 0.05) is 47.7 Å². The van der Waals surface area contributed by atoms with Crippen molar-refractivity contribution in [3.05, 3.63) is 72.3 Å². The maximum absolute atomic E-state index is 13.5. The number of benzene rings is 3. The number of methoxy groups -OCH3 is 1. The zero-order chi connectivity index (χ0) is 31.9. The number of carbonyl (C=O) groups excluding carboxylic acids is 2. The van der Waals surface area contributed by atoms with Crippen molar-refractivity contribution in [3.63, 3.8) is 0 Å². The molecule has 9 heteroatoms. The van der Waals surface area contributed by atoms with Crippen LogP contribution in [0, 0.1) is 0 Å². The fourth-order valence-corrected chi connectivity index (χ4v) is 6.42. The third-order valence-corrected chi connectivity index (χ3v) is 9.14. The Morgan fingerprint density at radius 1 is 0.889 bits per heavy atom. The molecule has 0 radical (unpaired) electrons. The number of piperidine rings is 1. The van der Waals surface area contributed by atoms with Crippen LogP contribution >= 0.6 is 0 Å². The SMILES string of the molecule is CCC(CC)NC(=O)Nc1ccc(Oc2ccc(N(CC)C(=O)c3ccc(OC4CC5CCC(C4)N5C)cc3)cc2)c(OC)c1. The molecule has 2 atom stereocenters. The number of rotatable bonds is 12. The lowest BCUT2D eigenvalue weighted by atomic mass is 10.0. The summed E-state index contributed by atoms with van der Waals surface area (Å²) in [6.45, 7) is 6.56. The Bertz CT molecular complexity index is 1430. The first-order valence-corrected chi connectivity index (χ1v) is 16.2. The van der Waals surface area contributed by atoms with Crippen LogP contribution in [0.5, 0.6) is 23.0 Å². The first kappa shape index (κ1) is 32.2. The van der Waals surface area contributed by atoms with Crippen LogP contribution in [0.4, 0.5) is 16.2 Å². The maximum Gasteiger partial charge on any atom is 0.319 e. The Hall–Kier alpha value is -4.24. The van der Waals surface area contributed by atoms with E-state index in [2.05, 4.69) is 22.6 Å². The summed E-state index contributed by atoms with van der Waals surface area (Å²) in [7, 11) is 3.79. The summed E-state index contributed by atoms with van der Waals surface area (Å²) in [5, 5.41) is 5.81. The molecular weight excluding hydrogens is 568 g/mol. The van der Waals surface area contributed by atoms with Gasteiger partial charge in [0.1, 0.15) is 17.6 Å². The predicted octanol–water partition coefficient (Wildman–Crippen LogP) is 7.47. The monoisotopic (exact) mass is 614 g/mol. The molecule has 2 N–H and O–H groups in total. The second kappa shape index (κ2) is 14.7. The lowest BCUT2D eigenvalue weighted by Crippen LogP contribution is -2.43. The van der Waals surface area contributed by atoms with E-state index in [4.69, 9.17) is 14.2 Å². The van der Waals surface area contributed by atoms with E-state index in [1.165, 1.54) is 12.8 Å². The van der Waals surface area contributed by atoms with E-state index in [0.717, 1.165) is 37.1 Å². The van der Waals surface area contributed by atoms with Gasteiger partial charge in [-0.25, -0.2) is 4.79 Å². The first-order valence-electron chi connectivity index (χ1n) is 16.2. The topological polar surface area (TPSA) is 92.4 Å². The van der Waals surface area contributed by atoms with E-state index in [0.29, 0.717) is 47.1 Å². The fraction of sp³-hybridized carbons (Fsp3) is 0.444. The fourth-order valence-electron chi connectivity index (χ4n) is 6.42. The number of hydrogen-bond donors (Lipinski definition) is 2. The molecule has 0 aliphatic carbocycles. The van der Waals surface area contributed by atoms with Crippen LogP contribution in [0.2, 0.25) is 0 Å². The number of nitrogens with zero attached hydrogens (tertiary/aromatic N) is 2. The Labute approximate surface area is 266 Å². The maximum atomic E-state index is 13.5. The van der Waals surface area contributed by atoms with Crippen molar-refractivity contribution in [2.75, 3.05) is 30.9 Å². The highest BCUT2D eigenvalue weighted by atomic mass is 16.5. The van der Waals surface area contributed by atoms with Gasteiger partial charge in [-0.3, -0.25) is 4.79 Å². The summed E-state index contributed by atoms with van der Waals surface area (Å²) in [4.78, 5) is 30.1. The van der Waals surface area contributed by atoms with Gasteiger partial charge in [-0.15, -0.1) is 0 Å². The predicted molar refractivity (Wildman–Crippen MR) is 178 cm³/mol. The van der Waals surface area contributed by atoms with Gasteiger partial charge in [0.05, 0.1) is 7.11 Å². The normalized spacial score (nSPS) is 19.2. The number of carbonyl (C=O) groups is 2. The summed E-state index contributed by atoms with van der Waals surface area (Å²) in [6.07, 6.45) is 6.60. The summed E-state index contributed by atoms with van der Waals surface area (Å²) < 4.78 is 17.9. The Morgan fingerprint density at radius 3 is 2.13 bits per heavy atom. The summed E-state index contributed by atoms with van der Waals surface area (Å²) in [5.41, 5.74) is 1.98. The van der Waals surface area contributed by atoms with Gasteiger partial charge in [0.25, 0.3) is 5.91 Å². The van der Waals surface area contributed by atoms with Gasteiger partial charge in [0.15, 0.2) is 11.5 Å². The van der Waals surface area contributed by atoms with E-state index in [1.807, 2.05) is 69.3 Å². The highest BCUT2D eigenvalue weighted by molar-refractivity contribution is 6.06. The second-order valence-electron chi connectivity index (χ2n) is 11.9. The zero-order valence-electron chi connectivity index (χ0n) is 27.0. The Morgan fingerprint density at radius 2 is 1.53 bits per heavy atom. The first-order chi connectivity index (χ1) is 21.8. The van der Waals surface area contributed by atoms with Crippen molar-refractivity contribution in [3.8, 4) is 23.0 Å². The molecular formula is C36H46N4O5. The second-order valence-corrected chi connectivity index (χ2v) is 11.9. The number of ether oxygens (including phenoxy) is 3. The van der Waals surface area contributed by atoms with Gasteiger partial charge < -0.3 is 34.6 Å². The largest absolute Gasteiger partial charge is 0.493 e. The standard InChI is InChI=1S/C36H46N4O5/c1-6-25(7-2)37-36(42)38-26-11-20-33(34(21-26)43-5)45-31-18-14-27(15-19-31)40(8-3)35(41)24-9-16-30(17-10-24)44-32-22-28-12-13-29(23-32)39(28)4/h9-11,14-21,25,28-29,32H,6-8,12-13,22-23H2,1-5H3,(H2,37,38,42). The molecule has 2 heterocycles. The van der Waals surface area contributed by atoms with E-state index in [1.54, 1.807) is 30.2 Å². The molecule has 2 unspecified atom stereocenters. The number of amides is 3. The Balaban J connectivity index is 1.19. The third-order valence-electron chi connectivity index (χ3n) is 9.14. The molecule has 240 valence electrons. The number of anilines is 2. The molecule has 2 aliphatic rings. The molecule has 0 saturated carbocycles. The highest BCUT2D eigenvalue weighted by Crippen LogP contribution is 2.37. The van der Waals surface area contributed by atoms with Crippen molar-refractivity contribution in [1.82, 2.24) is 10.2 Å². The highest BCUT2D eigenvalue weighted by Gasteiger charge is 2.39. The minimum absolute atomic E-state index is 0.0759. The minimum atomic E-state index is -0.256. The number of fused-ring (bicyclic) bond motifs is 2. The summed E-state index contributed by atoms with van der Waals surface area (Å²) in [5.74, 6) is 2.33. The number of hydrogen-bond acceptors (Lipinski definition) is 6. The van der Waals surface area contributed by atoms with Gasteiger partial charge in [0.2, 0.25) is 0 Å². The molecule has 2 aliphatic heterocycles. The van der Waals surface area contributed by atoms with Gasteiger partial charge in [-0.1, -0.05) is 13.8 Å². The van der Waals surface area contributed by atoms with E-state index < -0.39 is 0 Å². The number of urea groups is 1. The molecule has 9 nitrogen and oxygen atoms in total. The van der Waals surface area contributed by atoms with Crippen molar-refractivity contribution in [2.45, 2.75) is 83.5 Å². The zero-order valence-corrected chi connectivity index (χ0v) is 27.0. The minimum Gasteiger partial charge on any atom is -0.493 e. The Kier molecular flexibility index (Phi) is 10.5.